The van der Waals surface area contributed by atoms with Gasteiger partial charge in [-0.1, -0.05) is 24.3 Å². The maximum absolute atomic E-state index is 13.3. The van der Waals surface area contributed by atoms with E-state index >= 15 is 0 Å². The standard InChI is InChI=1S/C21H19FN2/c22-15-7-5-13(6-8-15)21-20(18-3-1-2-4-19(18)24-21)14-11-16-9-10-17(12-14)23-16/h1-8,11,16-17,23-24H,9-10,12H2. The van der Waals surface area contributed by atoms with Gasteiger partial charge in [-0.15, -0.1) is 0 Å². The molecule has 5 rings (SSSR count). The first-order chi connectivity index (χ1) is 11.8. The number of benzene rings is 2. The molecule has 1 saturated heterocycles. The molecule has 1 aromatic heterocycles. The average Bonchev–Trinajstić information content (AvgIpc) is 3.15. The van der Waals surface area contributed by atoms with E-state index in [1.807, 2.05) is 12.1 Å². The number of aromatic nitrogens is 1. The summed E-state index contributed by atoms with van der Waals surface area (Å²) in [6.45, 7) is 0. The molecule has 3 heterocycles. The van der Waals surface area contributed by atoms with Gasteiger partial charge in [-0.05, 0) is 60.7 Å². The lowest BCUT2D eigenvalue weighted by Gasteiger charge is -2.22. The largest absolute Gasteiger partial charge is 0.354 e. The Hall–Kier alpha value is -2.39. The van der Waals surface area contributed by atoms with Crippen LogP contribution in [0.1, 0.15) is 24.8 Å². The van der Waals surface area contributed by atoms with Gasteiger partial charge in [0.25, 0.3) is 0 Å². The summed E-state index contributed by atoms with van der Waals surface area (Å²) < 4.78 is 13.3. The number of hydrogen-bond acceptors (Lipinski definition) is 1. The summed E-state index contributed by atoms with van der Waals surface area (Å²) in [5.74, 6) is -0.199. The molecule has 2 N–H and O–H groups in total. The van der Waals surface area contributed by atoms with Crippen LogP contribution in [-0.4, -0.2) is 17.1 Å². The molecule has 0 aliphatic carbocycles. The quantitative estimate of drug-likeness (QED) is 0.692. The van der Waals surface area contributed by atoms with Crippen LogP contribution in [0.25, 0.3) is 27.7 Å². The molecule has 120 valence electrons. The molecule has 2 aromatic carbocycles. The van der Waals surface area contributed by atoms with Crippen LogP contribution < -0.4 is 5.32 Å². The van der Waals surface area contributed by atoms with Crippen molar-refractivity contribution in [2.45, 2.75) is 31.3 Å². The number of rotatable bonds is 2. The topological polar surface area (TPSA) is 27.8 Å². The van der Waals surface area contributed by atoms with Gasteiger partial charge in [0.15, 0.2) is 0 Å². The third-order valence-corrected chi connectivity index (χ3v) is 5.30. The summed E-state index contributed by atoms with van der Waals surface area (Å²) in [6.07, 6.45) is 5.93. The lowest BCUT2D eigenvalue weighted by atomic mass is 9.92. The Morgan fingerprint density at radius 1 is 0.958 bits per heavy atom. The Morgan fingerprint density at radius 2 is 1.79 bits per heavy atom. The number of aromatic amines is 1. The van der Waals surface area contributed by atoms with E-state index < -0.39 is 0 Å². The summed E-state index contributed by atoms with van der Waals surface area (Å²) in [7, 11) is 0. The van der Waals surface area contributed by atoms with Crippen molar-refractivity contribution in [1.29, 1.82) is 0 Å². The molecule has 2 atom stereocenters. The highest BCUT2D eigenvalue weighted by atomic mass is 19.1. The summed E-state index contributed by atoms with van der Waals surface area (Å²) in [5, 5.41) is 4.91. The minimum atomic E-state index is -0.199. The van der Waals surface area contributed by atoms with Crippen LogP contribution >= 0.6 is 0 Å². The number of fused-ring (bicyclic) bond motifs is 3. The Balaban J connectivity index is 1.74. The molecule has 2 bridgehead atoms. The van der Waals surface area contributed by atoms with E-state index in [-0.39, 0.29) is 5.82 Å². The summed E-state index contributed by atoms with van der Waals surface area (Å²) in [5.41, 5.74) is 5.98. The van der Waals surface area contributed by atoms with E-state index in [9.17, 15) is 4.39 Å². The molecular formula is C21H19FN2. The van der Waals surface area contributed by atoms with Crippen LogP contribution in [0.4, 0.5) is 4.39 Å². The van der Waals surface area contributed by atoms with E-state index in [0.717, 1.165) is 23.2 Å². The Kier molecular flexibility index (Phi) is 3.10. The minimum Gasteiger partial charge on any atom is -0.354 e. The van der Waals surface area contributed by atoms with Gasteiger partial charge in [-0.25, -0.2) is 4.39 Å². The zero-order valence-electron chi connectivity index (χ0n) is 13.4. The third-order valence-electron chi connectivity index (χ3n) is 5.30. The van der Waals surface area contributed by atoms with Crippen molar-refractivity contribution >= 4 is 16.5 Å². The van der Waals surface area contributed by atoms with Crippen molar-refractivity contribution in [1.82, 2.24) is 10.3 Å². The van der Waals surface area contributed by atoms with Crippen LogP contribution in [0.3, 0.4) is 0 Å². The molecule has 24 heavy (non-hydrogen) atoms. The molecule has 3 heteroatoms. The van der Waals surface area contributed by atoms with Gasteiger partial charge in [0.2, 0.25) is 0 Å². The van der Waals surface area contributed by atoms with Crippen LogP contribution in [-0.2, 0) is 0 Å². The predicted molar refractivity (Wildman–Crippen MR) is 96.2 cm³/mol. The molecule has 2 aliphatic rings. The van der Waals surface area contributed by atoms with Crippen LogP contribution in [0.5, 0.6) is 0 Å². The van der Waals surface area contributed by atoms with Gasteiger partial charge in [0, 0.05) is 28.6 Å². The molecule has 1 fully saturated rings. The first-order valence-electron chi connectivity index (χ1n) is 8.62. The first-order valence-corrected chi connectivity index (χ1v) is 8.62. The van der Waals surface area contributed by atoms with E-state index in [2.05, 4.69) is 40.6 Å². The van der Waals surface area contributed by atoms with Crippen LogP contribution in [0.15, 0.2) is 54.6 Å². The van der Waals surface area contributed by atoms with Gasteiger partial charge < -0.3 is 10.3 Å². The van der Waals surface area contributed by atoms with E-state index in [1.165, 1.54) is 41.5 Å². The Morgan fingerprint density at radius 3 is 2.62 bits per heavy atom. The molecule has 2 nitrogen and oxygen atoms in total. The van der Waals surface area contributed by atoms with E-state index in [0.29, 0.717) is 12.1 Å². The molecule has 2 unspecified atom stereocenters. The lowest BCUT2D eigenvalue weighted by Crippen LogP contribution is -2.31. The molecular weight excluding hydrogens is 299 g/mol. The highest BCUT2D eigenvalue weighted by Gasteiger charge is 2.30. The number of halogens is 1. The molecule has 0 amide bonds. The average molecular weight is 318 g/mol. The van der Waals surface area contributed by atoms with Gasteiger partial charge in [0.1, 0.15) is 5.82 Å². The number of nitrogens with one attached hydrogen (secondary N) is 2. The molecule has 0 saturated carbocycles. The monoisotopic (exact) mass is 318 g/mol. The first kappa shape index (κ1) is 14.0. The minimum absolute atomic E-state index is 0.199. The third kappa shape index (κ3) is 2.20. The normalized spacial score (nSPS) is 22.8. The summed E-state index contributed by atoms with van der Waals surface area (Å²) >= 11 is 0. The second-order valence-electron chi connectivity index (χ2n) is 6.87. The molecule has 0 spiro atoms. The Bertz CT molecular complexity index is 936. The van der Waals surface area contributed by atoms with Crippen molar-refractivity contribution in [3.05, 3.63) is 66.0 Å². The predicted octanol–water partition coefficient (Wildman–Crippen LogP) is 4.88. The van der Waals surface area contributed by atoms with Gasteiger partial charge >= 0.3 is 0 Å². The second kappa shape index (κ2) is 5.32. The van der Waals surface area contributed by atoms with Gasteiger partial charge in [0.05, 0.1) is 5.69 Å². The van der Waals surface area contributed by atoms with Crippen molar-refractivity contribution in [2.24, 2.45) is 0 Å². The van der Waals surface area contributed by atoms with E-state index in [1.54, 1.807) is 0 Å². The highest BCUT2D eigenvalue weighted by Crippen LogP contribution is 2.40. The van der Waals surface area contributed by atoms with Gasteiger partial charge in [-0.2, -0.15) is 0 Å². The van der Waals surface area contributed by atoms with Crippen molar-refractivity contribution in [3.63, 3.8) is 0 Å². The fraction of sp³-hybridized carbons (Fsp3) is 0.238. The Labute approximate surface area is 140 Å². The molecule has 2 aliphatic heterocycles. The zero-order chi connectivity index (χ0) is 16.1. The maximum atomic E-state index is 13.3. The van der Waals surface area contributed by atoms with Crippen LogP contribution in [0.2, 0.25) is 0 Å². The SMILES string of the molecule is Fc1ccc(-c2[nH]c3ccccc3c2C2=CC3CCC(C2)N3)cc1. The number of H-pyrrole nitrogens is 1. The maximum Gasteiger partial charge on any atom is 0.123 e. The highest BCUT2D eigenvalue weighted by molar-refractivity contribution is 6.00. The number of para-hydroxylation sites is 1. The zero-order valence-corrected chi connectivity index (χ0v) is 13.4. The summed E-state index contributed by atoms with van der Waals surface area (Å²) in [6, 6.07) is 16.3. The van der Waals surface area contributed by atoms with Crippen molar-refractivity contribution in [3.8, 4) is 11.3 Å². The fourth-order valence-corrected chi connectivity index (χ4v) is 4.21. The van der Waals surface area contributed by atoms with Crippen LogP contribution in [0, 0.1) is 5.82 Å². The smallest absolute Gasteiger partial charge is 0.123 e. The fourth-order valence-electron chi connectivity index (χ4n) is 4.21. The second-order valence-corrected chi connectivity index (χ2v) is 6.87. The van der Waals surface area contributed by atoms with Crippen molar-refractivity contribution < 1.29 is 4.39 Å². The molecule has 0 radical (unpaired) electrons. The number of hydrogen-bond donors (Lipinski definition) is 2. The lowest BCUT2D eigenvalue weighted by molar-refractivity contribution is 0.575. The van der Waals surface area contributed by atoms with Crippen molar-refractivity contribution in [2.75, 3.05) is 0 Å². The molecule has 3 aromatic rings. The van der Waals surface area contributed by atoms with E-state index in [4.69, 9.17) is 0 Å². The van der Waals surface area contributed by atoms with Gasteiger partial charge in [-0.3, -0.25) is 0 Å². The summed E-state index contributed by atoms with van der Waals surface area (Å²) in [4.78, 5) is 3.56.